The van der Waals surface area contributed by atoms with Gasteiger partial charge in [-0.25, -0.2) is 0 Å². The Hall–Kier alpha value is -2.60. The monoisotopic (exact) mass is 371 g/mol. The largest absolute Gasteiger partial charge is 0.489 e. The minimum absolute atomic E-state index is 0.00922. The molecule has 0 radical (unpaired) electrons. The molecule has 2 aliphatic heterocycles. The molecule has 144 valence electrons. The molecule has 0 saturated heterocycles. The predicted octanol–water partition coefficient (Wildman–Crippen LogP) is 3.04. The maximum Gasteiger partial charge on any atom is 0.203 e. The first-order chi connectivity index (χ1) is 13.3. The van der Waals surface area contributed by atoms with Crippen LogP contribution in [0.15, 0.2) is 42.5 Å². The van der Waals surface area contributed by atoms with E-state index in [0.717, 1.165) is 36.0 Å². The molecule has 2 unspecified atom stereocenters. The van der Waals surface area contributed by atoms with Crippen LogP contribution in [0.2, 0.25) is 0 Å². The fraction of sp³-hybridized carbons (Fsp3) is 0.429. The van der Waals surface area contributed by atoms with E-state index in [9.17, 15) is 0 Å². The quantitative estimate of drug-likeness (QED) is 0.807. The molecular weight excluding hydrogens is 346 g/mol. The van der Waals surface area contributed by atoms with Gasteiger partial charge in [0.1, 0.15) is 25.9 Å². The van der Waals surface area contributed by atoms with Crippen molar-refractivity contribution in [3.63, 3.8) is 0 Å². The SMILES string of the molecule is CC(CCOc1cccc2c1OCCO2)NCC1COc2ccccc2O1. The van der Waals surface area contributed by atoms with E-state index in [0.29, 0.717) is 38.2 Å². The maximum absolute atomic E-state index is 5.97. The van der Waals surface area contributed by atoms with Crippen molar-refractivity contribution in [2.24, 2.45) is 0 Å². The molecule has 0 spiro atoms. The zero-order valence-electron chi connectivity index (χ0n) is 15.5. The maximum atomic E-state index is 5.97. The van der Waals surface area contributed by atoms with Gasteiger partial charge in [0.05, 0.1) is 6.61 Å². The third-order valence-electron chi connectivity index (χ3n) is 4.60. The highest BCUT2D eigenvalue weighted by Gasteiger charge is 2.21. The van der Waals surface area contributed by atoms with Crippen molar-refractivity contribution in [1.82, 2.24) is 5.32 Å². The molecule has 6 nitrogen and oxygen atoms in total. The minimum atomic E-state index is 0.00922. The molecule has 1 N–H and O–H groups in total. The third kappa shape index (κ3) is 4.39. The van der Waals surface area contributed by atoms with Crippen LogP contribution in [0, 0.1) is 0 Å². The topological polar surface area (TPSA) is 58.2 Å². The fourth-order valence-corrected chi connectivity index (χ4v) is 3.10. The van der Waals surface area contributed by atoms with E-state index in [4.69, 9.17) is 23.7 Å². The summed E-state index contributed by atoms with van der Waals surface area (Å²) < 4.78 is 28.9. The molecule has 2 heterocycles. The van der Waals surface area contributed by atoms with Gasteiger partial charge in [-0.05, 0) is 37.6 Å². The summed E-state index contributed by atoms with van der Waals surface area (Å²) in [6, 6.07) is 13.8. The van der Waals surface area contributed by atoms with Crippen LogP contribution in [0.3, 0.4) is 0 Å². The zero-order chi connectivity index (χ0) is 18.5. The Bertz CT molecular complexity index is 766. The molecule has 0 amide bonds. The molecule has 0 aliphatic carbocycles. The van der Waals surface area contributed by atoms with Gasteiger partial charge >= 0.3 is 0 Å². The first-order valence-electron chi connectivity index (χ1n) is 9.43. The highest BCUT2D eigenvalue weighted by Crippen LogP contribution is 2.39. The Morgan fingerprint density at radius 2 is 1.81 bits per heavy atom. The van der Waals surface area contributed by atoms with Crippen LogP contribution in [0.5, 0.6) is 28.7 Å². The number of para-hydroxylation sites is 3. The number of benzene rings is 2. The predicted molar refractivity (Wildman–Crippen MR) is 101 cm³/mol. The van der Waals surface area contributed by atoms with E-state index < -0.39 is 0 Å². The Morgan fingerprint density at radius 1 is 1.00 bits per heavy atom. The molecule has 2 aliphatic rings. The van der Waals surface area contributed by atoms with E-state index in [1.807, 2.05) is 42.5 Å². The molecule has 2 aromatic carbocycles. The molecule has 0 bridgehead atoms. The van der Waals surface area contributed by atoms with Crippen molar-refractivity contribution in [2.75, 3.05) is 33.0 Å². The van der Waals surface area contributed by atoms with E-state index in [1.165, 1.54) is 0 Å². The molecule has 0 saturated carbocycles. The second-order valence-electron chi connectivity index (χ2n) is 6.72. The number of nitrogens with one attached hydrogen (secondary N) is 1. The lowest BCUT2D eigenvalue weighted by Gasteiger charge is -2.27. The van der Waals surface area contributed by atoms with Crippen LogP contribution in [-0.4, -0.2) is 45.1 Å². The first kappa shape index (κ1) is 17.8. The smallest absolute Gasteiger partial charge is 0.203 e. The van der Waals surface area contributed by atoms with Crippen molar-refractivity contribution < 1.29 is 23.7 Å². The van der Waals surface area contributed by atoms with Gasteiger partial charge < -0.3 is 29.0 Å². The summed E-state index contributed by atoms with van der Waals surface area (Å²) in [5, 5.41) is 3.49. The van der Waals surface area contributed by atoms with E-state index in [1.54, 1.807) is 0 Å². The summed E-state index contributed by atoms with van der Waals surface area (Å²) in [5.41, 5.74) is 0. The van der Waals surface area contributed by atoms with Crippen LogP contribution in [0.4, 0.5) is 0 Å². The average molecular weight is 371 g/mol. The van der Waals surface area contributed by atoms with Gasteiger partial charge in [-0.15, -0.1) is 0 Å². The molecule has 6 heteroatoms. The second kappa shape index (κ2) is 8.39. The van der Waals surface area contributed by atoms with Crippen molar-refractivity contribution in [2.45, 2.75) is 25.5 Å². The Kier molecular flexibility index (Phi) is 5.53. The number of rotatable bonds is 7. The standard InChI is InChI=1S/C21H25NO5/c1-15(22-13-16-14-26-17-5-2-3-6-18(17)27-16)9-10-23-19-7-4-8-20-21(19)25-12-11-24-20/h2-8,15-16,22H,9-14H2,1H3. The fourth-order valence-electron chi connectivity index (χ4n) is 3.10. The van der Waals surface area contributed by atoms with Crippen LogP contribution in [0.1, 0.15) is 13.3 Å². The van der Waals surface area contributed by atoms with Crippen molar-refractivity contribution in [3.8, 4) is 28.7 Å². The molecular formula is C21H25NO5. The minimum Gasteiger partial charge on any atom is -0.489 e. The molecule has 4 rings (SSSR count). The molecule has 27 heavy (non-hydrogen) atoms. The number of fused-ring (bicyclic) bond motifs is 2. The molecule has 0 fully saturated rings. The Labute approximate surface area is 159 Å². The van der Waals surface area contributed by atoms with Gasteiger partial charge in [0.2, 0.25) is 5.75 Å². The molecule has 2 aromatic rings. The van der Waals surface area contributed by atoms with E-state index in [-0.39, 0.29) is 6.10 Å². The van der Waals surface area contributed by atoms with Gasteiger partial charge in [0.25, 0.3) is 0 Å². The van der Waals surface area contributed by atoms with Gasteiger partial charge in [0, 0.05) is 12.6 Å². The summed E-state index contributed by atoms with van der Waals surface area (Å²) in [6.07, 6.45) is 0.879. The lowest BCUT2D eigenvalue weighted by Crippen LogP contribution is -2.41. The number of hydrogen-bond donors (Lipinski definition) is 1. The molecule has 0 aromatic heterocycles. The summed E-state index contributed by atoms with van der Waals surface area (Å²) in [7, 11) is 0. The van der Waals surface area contributed by atoms with Crippen molar-refractivity contribution in [1.29, 1.82) is 0 Å². The van der Waals surface area contributed by atoms with Gasteiger partial charge in [-0.3, -0.25) is 0 Å². The molecule has 2 atom stereocenters. The van der Waals surface area contributed by atoms with Crippen molar-refractivity contribution >= 4 is 0 Å². The van der Waals surface area contributed by atoms with Gasteiger partial charge in [0.15, 0.2) is 23.0 Å². The normalized spacial score (nSPS) is 18.6. The zero-order valence-corrected chi connectivity index (χ0v) is 15.5. The highest BCUT2D eigenvalue weighted by atomic mass is 16.6. The third-order valence-corrected chi connectivity index (χ3v) is 4.60. The van der Waals surface area contributed by atoms with Crippen LogP contribution >= 0.6 is 0 Å². The van der Waals surface area contributed by atoms with Crippen molar-refractivity contribution in [3.05, 3.63) is 42.5 Å². The number of ether oxygens (including phenoxy) is 5. The summed E-state index contributed by atoms with van der Waals surface area (Å²) in [4.78, 5) is 0. The van der Waals surface area contributed by atoms with Crippen LogP contribution in [-0.2, 0) is 0 Å². The lowest BCUT2D eigenvalue weighted by molar-refractivity contribution is 0.0878. The van der Waals surface area contributed by atoms with Gasteiger partial charge in [-0.1, -0.05) is 18.2 Å². The highest BCUT2D eigenvalue weighted by molar-refractivity contribution is 5.51. The lowest BCUT2D eigenvalue weighted by atomic mass is 10.2. The first-order valence-corrected chi connectivity index (χ1v) is 9.43. The number of hydrogen-bond acceptors (Lipinski definition) is 6. The van der Waals surface area contributed by atoms with Gasteiger partial charge in [-0.2, -0.15) is 0 Å². The second-order valence-corrected chi connectivity index (χ2v) is 6.72. The summed E-state index contributed by atoms with van der Waals surface area (Å²) in [6.45, 7) is 5.15. The van der Waals surface area contributed by atoms with E-state index >= 15 is 0 Å². The summed E-state index contributed by atoms with van der Waals surface area (Å²) >= 11 is 0. The average Bonchev–Trinajstić information content (AvgIpc) is 2.72. The summed E-state index contributed by atoms with van der Waals surface area (Å²) in [5.74, 6) is 3.81. The van der Waals surface area contributed by atoms with E-state index in [2.05, 4.69) is 12.2 Å². The van der Waals surface area contributed by atoms with Crippen LogP contribution in [0.25, 0.3) is 0 Å². The van der Waals surface area contributed by atoms with Crippen LogP contribution < -0.4 is 29.0 Å². The Balaban J connectivity index is 1.20. The Morgan fingerprint density at radius 3 is 2.74 bits per heavy atom.